The average Bonchev–Trinajstić information content (AvgIpc) is 3.68. The summed E-state index contributed by atoms with van der Waals surface area (Å²) in [6.07, 6.45) is 0.991. The second-order valence-electron chi connectivity index (χ2n) is 11.0. The van der Waals surface area contributed by atoms with E-state index in [0.717, 1.165) is 4.90 Å². The summed E-state index contributed by atoms with van der Waals surface area (Å²) in [6.45, 7) is 4.94. The van der Waals surface area contributed by atoms with E-state index in [2.05, 4.69) is 30.5 Å². The molecule has 1 aliphatic heterocycles. The summed E-state index contributed by atoms with van der Waals surface area (Å²) in [4.78, 5) is 36.7. The minimum Gasteiger partial charge on any atom is -0.465 e. The van der Waals surface area contributed by atoms with Crippen molar-refractivity contribution in [3.05, 3.63) is 87.5 Å². The number of fused-ring (bicyclic) bond motifs is 1. The van der Waals surface area contributed by atoms with E-state index in [-0.39, 0.29) is 28.5 Å². The average molecular weight is 608 g/mol. The number of tetrazole rings is 1. The van der Waals surface area contributed by atoms with Crippen molar-refractivity contribution in [1.82, 2.24) is 39.7 Å². The SMILES string of the molecule is CC(C)(C)N(C(=O)O)c1ccc(-c2nc(F)c([C@H]3CCc4cc(-c5cc(Cl)ccc5-n5cnnn5)cc(=O)n43)[nH]2)c(F)n1. The van der Waals surface area contributed by atoms with Crippen molar-refractivity contribution >= 4 is 23.5 Å². The predicted octanol–water partition coefficient (Wildman–Crippen LogP) is 5.03. The molecule has 43 heavy (non-hydrogen) atoms. The summed E-state index contributed by atoms with van der Waals surface area (Å²) < 4.78 is 33.3. The fraction of sp³-hybridized carbons (Fsp3) is 0.250. The highest BCUT2D eigenvalue weighted by atomic mass is 35.5. The Labute approximate surface area is 247 Å². The number of pyridine rings is 2. The maximum Gasteiger partial charge on any atom is 0.413 e. The molecule has 1 aliphatic rings. The highest BCUT2D eigenvalue weighted by molar-refractivity contribution is 6.31. The van der Waals surface area contributed by atoms with E-state index in [1.54, 1.807) is 39.0 Å². The van der Waals surface area contributed by atoms with Gasteiger partial charge in [0.05, 0.1) is 23.0 Å². The van der Waals surface area contributed by atoms with E-state index in [1.165, 1.54) is 33.8 Å². The van der Waals surface area contributed by atoms with Crippen molar-refractivity contribution in [3.8, 4) is 28.2 Å². The number of imidazole rings is 1. The van der Waals surface area contributed by atoms with Gasteiger partial charge in [-0.05, 0) is 86.0 Å². The number of halogens is 3. The van der Waals surface area contributed by atoms with E-state index in [0.29, 0.717) is 40.4 Å². The van der Waals surface area contributed by atoms with Crippen LogP contribution in [0.15, 0.2) is 53.6 Å². The van der Waals surface area contributed by atoms with Crippen LogP contribution in [0.25, 0.3) is 28.2 Å². The van der Waals surface area contributed by atoms with Crippen LogP contribution >= 0.6 is 11.6 Å². The second kappa shape index (κ2) is 10.4. The highest BCUT2D eigenvalue weighted by Gasteiger charge is 2.32. The van der Waals surface area contributed by atoms with E-state index >= 15 is 8.78 Å². The van der Waals surface area contributed by atoms with E-state index < -0.39 is 29.6 Å². The molecule has 1 amide bonds. The molecule has 0 unspecified atom stereocenters. The number of carboxylic acid groups (broad SMARTS) is 1. The maximum absolute atomic E-state index is 15.3. The molecule has 1 atom stereocenters. The number of H-pyrrole nitrogens is 1. The number of aromatic amines is 1. The molecular formula is C28H24ClF2N9O3. The summed E-state index contributed by atoms with van der Waals surface area (Å²) >= 11 is 6.27. The zero-order valence-corrected chi connectivity index (χ0v) is 23.8. The summed E-state index contributed by atoms with van der Waals surface area (Å²) in [5, 5.41) is 21.4. The van der Waals surface area contributed by atoms with Crippen LogP contribution in [0.1, 0.15) is 44.6 Å². The predicted molar refractivity (Wildman–Crippen MR) is 152 cm³/mol. The lowest BCUT2D eigenvalue weighted by Gasteiger charge is -2.32. The molecular weight excluding hydrogens is 584 g/mol. The first-order valence-electron chi connectivity index (χ1n) is 13.2. The van der Waals surface area contributed by atoms with Gasteiger partial charge in [0.25, 0.3) is 5.56 Å². The number of amides is 1. The largest absolute Gasteiger partial charge is 0.465 e. The lowest BCUT2D eigenvalue weighted by Crippen LogP contribution is -2.45. The summed E-state index contributed by atoms with van der Waals surface area (Å²) in [5.74, 6) is -2.17. The molecule has 5 aromatic rings. The minimum atomic E-state index is -1.30. The van der Waals surface area contributed by atoms with Crippen molar-refractivity contribution in [2.75, 3.05) is 4.90 Å². The van der Waals surface area contributed by atoms with Gasteiger partial charge in [0.2, 0.25) is 11.9 Å². The maximum atomic E-state index is 15.3. The van der Waals surface area contributed by atoms with Gasteiger partial charge in [0.15, 0.2) is 0 Å². The molecule has 5 heterocycles. The lowest BCUT2D eigenvalue weighted by atomic mass is 10.0. The minimum absolute atomic E-state index is 0.0195. The van der Waals surface area contributed by atoms with Gasteiger partial charge < -0.3 is 14.7 Å². The Morgan fingerprint density at radius 1 is 1.09 bits per heavy atom. The molecule has 220 valence electrons. The molecule has 12 nitrogen and oxygen atoms in total. The summed E-state index contributed by atoms with van der Waals surface area (Å²) in [6, 6.07) is 10.3. The van der Waals surface area contributed by atoms with Crippen LogP contribution in [-0.2, 0) is 6.42 Å². The van der Waals surface area contributed by atoms with Gasteiger partial charge in [0, 0.05) is 27.9 Å². The van der Waals surface area contributed by atoms with Gasteiger partial charge in [-0.1, -0.05) is 11.6 Å². The van der Waals surface area contributed by atoms with Crippen molar-refractivity contribution in [2.24, 2.45) is 0 Å². The third-order valence-corrected chi connectivity index (χ3v) is 7.43. The van der Waals surface area contributed by atoms with Crippen molar-refractivity contribution in [3.63, 3.8) is 0 Å². The number of aromatic nitrogens is 8. The molecule has 0 fully saturated rings. The van der Waals surface area contributed by atoms with Crippen LogP contribution in [-0.4, -0.2) is 56.5 Å². The van der Waals surface area contributed by atoms with Crippen LogP contribution in [0.3, 0.4) is 0 Å². The quantitative estimate of drug-likeness (QED) is 0.265. The molecule has 4 aromatic heterocycles. The number of carbonyl (C=O) groups is 1. The van der Waals surface area contributed by atoms with Gasteiger partial charge in [0.1, 0.15) is 18.0 Å². The normalized spacial score (nSPS) is 14.6. The molecule has 1 aromatic carbocycles. The Morgan fingerprint density at radius 3 is 2.56 bits per heavy atom. The standard InChI is InChI=1S/C28H24ClF2N9O3/c1-28(2,3)40(27(42)43)21-9-6-17(24(30)33-21)26-34-23(25(31)35-26)20-8-5-16-10-14(11-22(41)39(16)20)18-12-15(29)4-7-19(18)38-13-32-36-37-38/h4,6-7,9-13,20H,5,8H2,1-3H3,(H,34,35)(H,42,43)/t20-/m1/s1. The summed E-state index contributed by atoms with van der Waals surface area (Å²) in [5.41, 5.74) is 1.12. The van der Waals surface area contributed by atoms with Gasteiger partial charge in [-0.15, -0.1) is 5.10 Å². The smallest absolute Gasteiger partial charge is 0.413 e. The number of nitrogens with zero attached hydrogens (tertiary/aromatic N) is 8. The first kappa shape index (κ1) is 28.2. The second-order valence-corrected chi connectivity index (χ2v) is 11.4. The van der Waals surface area contributed by atoms with E-state index in [4.69, 9.17) is 11.6 Å². The number of rotatable bonds is 5. The molecule has 0 saturated heterocycles. The third kappa shape index (κ3) is 5.03. The van der Waals surface area contributed by atoms with Gasteiger partial charge in [-0.2, -0.15) is 18.4 Å². The lowest BCUT2D eigenvalue weighted by molar-refractivity contribution is 0.195. The Bertz CT molecular complexity index is 1930. The van der Waals surface area contributed by atoms with E-state index in [1.807, 2.05) is 6.07 Å². The molecule has 0 aliphatic carbocycles. The van der Waals surface area contributed by atoms with Crippen molar-refractivity contribution in [1.29, 1.82) is 0 Å². The topological polar surface area (TPSA) is 148 Å². The third-order valence-electron chi connectivity index (χ3n) is 7.20. The van der Waals surface area contributed by atoms with Crippen molar-refractivity contribution in [2.45, 2.75) is 45.2 Å². The van der Waals surface area contributed by atoms with Crippen LogP contribution in [0.2, 0.25) is 5.02 Å². The molecule has 0 bridgehead atoms. The number of aryl methyl sites for hydroxylation is 1. The number of anilines is 1. The van der Waals surface area contributed by atoms with Crippen LogP contribution in [0.5, 0.6) is 0 Å². The zero-order valence-electron chi connectivity index (χ0n) is 23.1. The van der Waals surface area contributed by atoms with Gasteiger partial charge >= 0.3 is 6.09 Å². The number of benzene rings is 1. The van der Waals surface area contributed by atoms with Crippen LogP contribution < -0.4 is 10.5 Å². The van der Waals surface area contributed by atoms with Crippen molar-refractivity contribution < 1.29 is 18.7 Å². The molecule has 0 spiro atoms. The number of hydrogen-bond acceptors (Lipinski definition) is 7. The van der Waals surface area contributed by atoms with Crippen LogP contribution in [0, 0.1) is 11.9 Å². The fourth-order valence-corrected chi connectivity index (χ4v) is 5.58. The number of hydrogen-bond donors (Lipinski definition) is 2. The Kier molecular flexibility index (Phi) is 6.80. The molecule has 0 saturated carbocycles. The fourth-order valence-electron chi connectivity index (χ4n) is 5.40. The first-order chi connectivity index (χ1) is 20.4. The van der Waals surface area contributed by atoms with Gasteiger partial charge in [-0.25, -0.2) is 9.78 Å². The first-order valence-corrected chi connectivity index (χ1v) is 13.5. The highest BCUT2D eigenvalue weighted by Crippen LogP contribution is 2.36. The van der Waals surface area contributed by atoms with Crippen LogP contribution in [0.4, 0.5) is 19.4 Å². The van der Waals surface area contributed by atoms with Gasteiger partial charge in [-0.3, -0.25) is 9.69 Å². The monoisotopic (exact) mass is 607 g/mol. The Morgan fingerprint density at radius 2 is 1.88 bits per heavy atom. The Balaban J connectivity index is 1.35. The molecule has 0 radical (unpaired) electrons. The zero-order chi connectivity index (χ0) is 30.6. The molecule has 2 N–H and O–H groups in total. The summed E-state index contributed by atoms with van der Waals surface area (Å²) in [7, 11) is 0. The number of nitrogens with one attached hydrogen (secondary N) is 1. The Hall–Kier alpha value is -4.98. The van der Waals surface area contributed by atoms with E-state index in [9.17, 15) is 14.7 Å². The molecule has 6 rings (SSSR count). The molecule has 15 heteroatoms.